The smallest absolute Gasteiger partial charge is 0.0479 e. The summed E-state index contributed by atoms with van der Waals surface area (Å²) in [5.74, 6) is 0. The second-order valence-electron chi connectivity index (χ2n) is 4.67. The molecule has 0 heterocycles. The van der Waals surface area contributed by atoms with E-state index in [1.807, 2.05) is 19.9 Å². The molecule has 0 radical (unpaired) electrons. The van der Waals surface area contributed by atoms with E-state index in [0.29, 0.717) is 6.61 Å². The van der Waals surface area contributed by atoms with E-state index in [9.17, 15) is 0 Å². The Balaban J connectivity index is 2.71. The highest BCUT2D eigenvalue weighted by molar-refractivity contribution is 6.31. The van der Waals surface area contributed by atoms with Crippen LogP contribution in [-0.2, 0) is 11.2 Å². The van der Waals surface area contributed by atoms with E-state index >= 15 is 0 Å². The van der Waals surface area contributed by atoms with Crippen molar-refractivity contribution in [3.63, 3.8) is 0 Å². The molecule has 0 saturated carbocycles. The molecule has 0 fully saturated rings. The molecule has 0 saturated heterocycles. The number of nitrogens with two attached hydrogens (primary N) is 1. The summed E-state index contributed by atoms with van der Waals surface area (Å²) in [4.78, 5) is 0. The first-order valence-electron chi connectivity index (χ1n) is 5.47. The van der Waals surface area contributed by atoms with Gasteiger partial charge >= 0.3 is 0 Å². The van der Waals surface area contributed by atoms with Gasteiger partial charge in [-0.1, -0.05) is 23.7 Å². The Bertz CT molecular complexity index is 350. The molecule has 0 bridgehead atoms. The number of aryl methyl sites for hydroxylation is 1. The van der Waals surface area contributed by atoms with Crippen LogP contribution in [0.15, 0.2) is 18.2 Å². The predicted molar refractivity (Wildman–Crippen MR) is 69.0 cm³/mol. The first-order valence-corrected chi connectivity index (χ1v) is 5.85. The van der Waals surface area contributed by atoms with Crippen molar-refractivity contribution in [1.29, 1.82) is 0 Å². The number of hydrogen-bond donors (Lipinski definition) is 1. The Kier molecular flexibility index (Phi) is 4.78. The molecule has 16 heavy (non-hydrogen) atoms. The summed E-state index contributed by atoms with van der Waals surface area (Å²) in [5.41, 5.74) is 8.21. The number of methoxy groups -OCH3 is 1. The summed E-state index contributed by atoms with van der Waals surface area (Å²) in [7, 11) is 1.69. The zero-order chi connectivity index (χ0) is 12.2. The van der Waals surface area contributed by atoms with Crippen molar-refractivity contribution >= 4 is 11.6 Å². The van der Waals surface area contributed by atoms with Gasteiger partial charge in [-0.15, -0.1) is 0 Å². The molecule has 0 aliphatic carbocycles. The van der Waals surface area contributed by atoms with Crippen LogP contribution in [0.5, 0.6) is 0 Å². The molecule has 1 rings (SSSR count). The Hall–Kier alpha value is -0.570. The number of rotatable bonds is 5. The third-order valence-corrected chi connectivity index (χ3v) is 3.03. The molecular weight excluding hydrogens is 222 g/mol. The minimum Gasteiger partial charge on any atom is -0.385 e. The van der Waals surface area contributed by atoms with E-state index in [4.69, 9.17) is 22.1 Å². The lowest BCUT2D eigenvalue weighted by Crippen LogP contribution is -2.39. The average molecular weight is 242 g/mol. The van der Waals surface area contributed by atoms with E-state index in [2.05, 4.69) is 12.1 Å². The quantitative estimate of drug-likeness (QED) is 0.860. The fraction of sp³-hybridized carbons (Fsp3) is 0.538. The Morgan fingerprint density at radius 3 is 2.69 bits per heavy atom. The summed E-state index contributed by atoms with van der Waals surface area (Å²) in [6, 6.07) is 6.09. The van der Waals surface area contributed by atoms with Crippen LogP contribution in [0.1, 0.15) is 24.5 Å². The molecule has 1 aromatic rings. The average Bonchev–Trinajstić information content (AvgIpc) is 2.19. The van der Waals surface area contributed by atoms with Gasteiger partial charge in [0.25, 0.3) is 0 Å². The van der Waals surface area contributed by atoms with Gasteiger partial charge in [0, 0.05) is 24.3 Å². The highest BCUT2D eigenvalue weighted by atomic mass is 35.5. The van der Waals surface area contributed by atoms with Crippen LogP contribution < -0.4 is 5.73 Å². The molecule has 3 heteroatoms. The molecule has 2 N–H and O–H groups in total. The second kappa shape index (κ2) is 5.67. The molecule has 0 amide bonds. The van der Waals surface area contributed by atoms with Gasteiger partial charge in [0.1, 0.15) is 0 Å². The van der Waals surface area contributed by atoms with Gasteiger partial charge in [0.05, 0.1) is 0 Å². The molecular formula is C13H20ClNO. The molecule has 90 valence electrons. The lowest BCUT2D eigenvalue weighted by Gasteiger charge is -2.25. The van der Waals surface area contributed by atoms with Crippen LogP contribution in [-0.4, -0.2) is 19.3 Å². The van der Waals surface area contributed by atoms with E-state index < -0.39 is 0 Å². The summed E-state index contributed by atoms with van der Waals surface area (Å²) >= 11 is 6.18. The van der Waals surface area contributed by atoms with Gasteiger partial charge < -0.3 is 10.5 Å². The van der Waals surface area contributed by atoms with Crippen LogP contribution in [0.25, 0.3) is 0 Å². The van der Waals surface area contributed by atoms with Gasteiger partial charge in [-0.05, 0) is 43.9 Å². The van der Waals surface area contributed by atoms with Gasteiger partial charge in [0.15, 0.2) is 0 Å². The molecule has 1 aromatic carbocycles. The topological polar surface area (TPSA) is 35.2 Å². The van der Waals surface area contributed by atoms with Crippen molar-refractivity contribution in [2.45, 2.75) is 32.2 Å². The Morgan fingerprint density at radius 2 is 2.12 bits per heavy atom. The zero-order valence-electron chi connectivity index (χ0n) is 10.2. The molecule has 0 aromatic heterocycles. The van der Waals surface area contributed by atoms with Crippen molar-refractivity contribution < 1.29 is 4.74 Å². The van der Waals surface area contributed by atoms with Crippen molar-refractivity contribution in [3.05, 3.63) is 34.3 Å². The maximum Gasteiger partial charge on any atom is 0.0479 e. The van der Waals surface area contributed by atoms with Crippen LogP contribution in [0.4, 0.5) is 0 Å². The van der Waals surface area contributed by atoms with E-state index in [-0.39, 0.29) is 5.54 Å². The van der Waals surface area contributed by atoms with Crippen LogP contribution in [0.2, 0.25) is 5.02 Å². The maximum atomic E-state index is 6.20. The van der Waals surface area contributed by atoms with Crippen LogP contribution in [0, 0.1) is 6.92 Å². The number of benzene rings is 1. The van der Waals surface area contributed by atoms with Crippen molar-refractivity contribution in [2.24, 2.45) is 5.73 Å². The third kappa shape index (κ3) is 4.12. The van der Waals surface area contributed by atoms with Crippen LogP contribution in [0.3, 0.4) is 0 Å². The molecule has 0 spiro atoms. The van der Waals surface area contributed by atoms with Gasteiger partial charge in [0.2, 0.25) is 0 Å². The third-order valence-electron chi connectivity index (χ3n) is 2.68. The molecule has 0 aliphatic rings. The van der Waals surface area contributed by atoms with E-state index in [1.54, 1.807) is 7.11 Å². The maximum absolute atomic E-state index is 6.20. The lowest BCUT2D eigenvalue weighted by atomic mass is 9.90. The first-order chi connectivity index (χ1) is 7.44. The van der Waals surface area contributed by atoms with Crippen molar-refractivity contribution in [1.82, 2.24) is 0 Å². The number of ether oxygens (including phenoxy) is 1. The lowest BCUT2D eigenvalue weighted by molar-refractivity contribution is 0.171. The molecule has 2 nitrogen and oxygen atoms in total. The summed E-state index contributed by atoms with van der Waals surface area (Å²) < 4.78 is 5.05. The minimum absolute atomic E-state index is 0.269. The number of halogens is 1. The van der Waals surface area contributed by atoms with Crippen molar-refractivity contribution in [3.8, 4) is 0 Å². The van der Waals surface area contributed by atoms with E-state index in [0.717, 1.165) is 23.4 Å². The molecule has 1 atom stereocenters. The second-order valence-corrected chi connectivity index (χ2v) is 5.08. The summed E-state index contributed by atoms with van der Waals surface area (Å²) in [5, 5.41) is 0.800. The van der Waals surface area contributed by atoms with Crippen LogP contribution >= 0.6 is 11.6 Å². The largest absolute Gasteiger partial charge is 0.385 e. The normalized spacial score (nSPS) is 14.8. The fourth-order valence-electron chi connectivity index (χ4n) is 1.65. The highest BCUT2D eigenvalue weighted by Crippen LogP contribution is 2.22. The molecule has 1 unspecified atom stereocenters. The Morgan fingerprint density at radius 1 is 1.44 bits per heavy atom. The summed E-state index contributed by atoms with van der Waals surface area (Å²) in [6.45, 7) is 4.74. The van der Waals surface area contributed by atoms with E-state index in [1.165, 1.54) is 5.56 Å². The predicted octanol–water partition coefficient (Wildman–Crippen LogP) is 2.94. The van der Waals surface area contributed by atoms with Gasteiger partial charge in [-0.3, -0.25) is 0 Å². The fourth-order valence-corrected chi connectivity index (χ4v) is 1.96. The standard InChI is InChI=1S/C13H20ClNO/c1-10-4-5-11(12(14)8-10)9-13(2,15)6-7-16-3/h4-5,8H,6-7,9,15H2,1-3H3. The molecule has 0 aliphatic heterocycles. The van der Waals surface area contributed by atoms with Gasteiger partial charge in [-0.25, -0.2) is 0 Å². The monoisotopic (exact) mass is 241 g/mol. The van der Waals surface area contributed by atoms with Gasteiger partial charge in [-0.2, -0.15) is 0 Å². The Labute approximate surface area is 103 Å². The number of hydrogen-bond acceptors (Lipinski definition) is 2. The SMILES string of the molecule is COCCC(C)(N)Cc1ccc(C)cc1Cl. The minimum atomic E-state index is -0.269. The first kappa shape index (κ1) is 13.5. The highest BCUT2D eigenvalue weighted by Gasteiger charge is 2.19. The summed E-state index contributed by atoms with van der Waals surface area (Å²) in [6.07, 6.45) is 1.60. The zero-order valence-corrected chi connectivity index (χ0v) is 11.0. The van der Waals surface area contributed by atoms with Crippen molar-refractivity contribution in [2.75, 3.05) is 13.7 Å².